The van der Waals surface area contributed by atoms with E-state index < -0.39 is 6.09 Å². The fourth-order valence-corrected chi connectivity index (χ4v) is 3.10. The Balaban J connectivity index is 1.70. The average molecular weight is 398 g/mol. The first-order chi connectivity index (χ1) is 14.0. The number of carbonyl (C=O) groups is 2. The van der Waals surface area contributed by atoms with E-state index in [1.807, 2.05) is 32.0 Å². The Labute approximate surface area is 170 Å². The average Bonchev–Trinajstić information content (AvgIpc) is 2.72. The van der Waals surface area contributed by atoms with Crippen LogP contribution < -0.4 is 20.1 Å². The Hall–Kier alpha value is -3.22. The molecule has 2 N–H and O–H groups in total. The first-order valence-corrected chi connectivity index (χ1v) is 9.72. The Morgan fingerprint density at radius 1 is 1.03 bits per heavy atom. The van der Waals surface area contributed by atoms with Crippen molar-refractivity contribution in [1.82, 2.24) is 5.32 Å². The van der Waals surface area contributed by atoms with Crippen molar-refractivity contribution in [3.63, 3.8) is 0 Å². The van der Waals surface area contributed by atoms with Gasteiger partial charge in [0.25, 0.3) is 5.91 Å². The maximum Gasteiger partial charge on any atom is 0.411 e. The molecule has 7 heteroatoms. The molecule has 1 aliphatic rings. The van der Waals surface area contributed by atoms with Gasteiger partial charge in [0, 0.05) is 11.3 Å². The summed E-state index contributed by atoms with van der Waals surface area (Å²) < 4.78 is 16.1. The number of anilines is 1. The van der Waals surface area contributed by atoms with Crippen LogP contribution in [0, 0.1) is 5.92 Å². The van der Waals surface area contributed by atoms with E-state index in [4.69, 9.17) is 14.2 Å². The van der Waals surface area contributed by atoms with Crippen LogP contribution in [-0.4, -0.2) is 31.8 Å². The summed E-state index contributed by atoms with van der Waals surface area (Å²) >= 11 is 0. The smallest absolute Gasteiger partial charge is 0.411 e. The van der Waals surface area contributed by atoms with Crippen LogP contribution in [0.15, 0.2) is 42.5 Å². The van der Waals surface area contributed by atoms with Gasteiger partial charge in [0.05, 0.1) is 12.6 Å². The van der Waals surface area contributed by atoms with Crippen molar-refractivity contribution in [2.75, 3.05) is 25.1 Å². The Morgan fingerprint density at radius 3 is 2.38 bits per heavy atom. The monoisotopic (exact) mass is 398 g/mol. The molecule has 0 aliphatic carbocycles. The van der Waals surface area contributed by atoms with Crippen LogP contribution in [0.1, 0.15) is 42.7 Å². The second kappa shape index (κ2) is 9.32. The number of rotatable bonds is 6. The van der Waals surface area contributed by atoms with Gasteiger partial charge >= 0.3 is 6.09 Å². The van der Waals surface area contributed by atoms with Crippen molar-refractivity contribution in [1.29, 1.82) is 0 Å². The molecule has 0 radical (unpaired) electrons. The molecule has 1 heterocycles. The van der Waals surface area contributed by atoms with E-state index in [0.29, 0.717) is 36.8 Å². The molecule has 0 saturated carbocycles. The van der Waals surface area contributed by atoms with E-state index in [9.17, 15) is 9.59 Å². The maximum absolute atomic E-state index is 12.8. The number of amides is 2. The second-order valence-electron chi connectivity index (χ2n) is 7.02. The topological polar surface area (TPSA) is 85.9 Å². The van der Waals surface area contributed by atoms with Gasteiger partial charge in [-0.3, -0.25) is 10.1 Å². The quantitative estimate of drug-likeness (QED) is 0.763. The van der Waals surface area contributed by atoms with Crippen molar-refractivity contribution in [3.05, 3.63) is 53.6 Å². The van der Waals surface area contributed by atoms with E-state index in [1.165, 1.54) is 0 Å². The van der Waals surface area contributed by atoms with E-state index in [-0.39, 0.29) is 17.9 Å². The minimum atomic E-state index is -0.525. The van der Waals surface area contributed by atoms with Crippen molar-refractivity contribution < 1.29 is 23.8 Å². The summed E-state index contributed by atoms with van der Waals surface area (Å²) in [7, 11) is 0. The molecule has 0 fully saturated rings. The molecule has 0 aromatic heterocycles. The van der Waals surface area contributed by atoms with E-state index in [0.717, 1.165) is 11.3 Å². The lowest BCUT2D eigenvalue weighted by molar-refractivity contribution is 0.0925. The lowest BCUT2D eigenvalue weighted by Gasteiger charge is -2.25. The first-order valence-electron chi connectivity index (χ1n) is 9.72. The third-order valence-corrected chi connectivity index (χ3v) is 4.55. The van der Waals surface area contributed by atoms with E-state index in [2.05, 4.69) is 10.6 Å². The van der Waals surface area contributed by atoms with E-state index >= 15 is 0 Å². The summed E-state index contributed by atoms with van der Waals surface area (Å²) in [5.41, 5.74) is 2.02. The summed E-state index contributed by atoms with van der Waals surface area (Å²) in [6.45, 7) is 7.18. The molecule has 0 spiro atoms. The maximum atomic E-state index is 12.8. The second-order valence-corrected chi connectivity index (χ2v) is 7.02. The third kappa shape index (κ3) is 5.19. The summed E-state index contributed by atoms with van der Waals surface area (Å²) in [5.74, 6) is 1.40. The number of carbonyl (C=O) groups excluding carboxylic acids is 2. The van der Waals surface area contributed by atoms with Gasteiger partial charge in [-0.05, 0) is 54.8 Å². The zero-order valence-electron chi connectivity index (χ0n) is 16.9. The van der Waals surface area contributed by atoms with Gasteiger partial charge in [0.15, 0.2) is 11.5 Å². The molecule has 2 amide bonds. The van der Waals surface area contributed by atoms with Crippen LogP contribution in [-0.2, 0) is 4.74 Å². The SMILES string of the molecule is CCOC(=O)Nc1ccc(C(=O)N[C@H](c2ccc3c(c2)OCCO3)C(C)C)cc1. The highest BCUT2D eigenvalue weighted by Gasteiger charge is 2.22. The molecule has 0 bridgehead atoms. The predicted octanol–water partition coefficient (Wildman–Crippen LogP) is 4.15. The Morgan fingerprint density at radius 2 is 1.72 bits per heavy atom. The van der Waals surface area contributed by atoms with Crippen LogP contribution >= 0.6 is 0 Å². The van der Waals surface area contributed by atoms with Crippen molar-refractivity contribution >= 4 is 17.7 Å². The summed E-state index contributed by atoms with van der Waals surface area (Å²) in [6, 6.07) is 12.2. The van der Waals surface area contributed by atoms with Gasteiger partial charge < -0.3 is 19.5 Å². The normalized spacial score (nSPS) is 13.5. The molecule has 154 valence electrons. The Kier molecular flexibility index (Phi) is 6.59. The summed E-state index contributed by atoms with van der Waals surface area (Å²) in [4.78, 5) is 24.3. The van der Waals surface area contributed by atoms with Gasteiger partial charge in [-0.2, -0.15) is 0 Å². The standard InChI is InChI=1S/C22H26N2O5/c1-4-27-22(26)23-17-8-5-15(6-9-17)21(25)24-20(14(2)3)16-7-10-18-19(13-16)29-12-11-28-18/h5-10,13-14,20H,4,11-12H2,1-3H3,(H,23,26)(H,24,25)/t20-/m0/s1. The minimum absolute atomic E-state index is 0.172. The zero-order chi connectivity index (χ0) is 20.8. The van der Waals surface area contributed by atoms with Crippen LogP contribution in [0.3, 0.4) is 0 Å². The number of hydrogen-bond acceptors (Lipinski definition) is 5. The van der Waals surface area contributed by atoms with Gasteiger partial charge in [0.1, 0.15) is 13.2 Å². The zero-order valence-corrected chi connectivity index (χ0v) is 16.9. The number of benzene rings is 2. The van der Waals surface area contributed by atoms with Gasteiger partial charge in [-0.15, -0.1) is 0 Å². The molecular weight excluding hydrogens is 372 g/mol. The van der Waals surface area contributed by atoms with Gasteiger partial charge in [-0.1, -0.05) is 19.9 Å². The molecule has 7 nitrogen and oxygen atoms in total. The highest BCUT2D eigenvalue weighted by Crippen LogP contribution is 2.34. The van der Waals surface area contributed by atoms with Gasteiger partial charge in [0.2, 0.25) is 0 Å². The minimum Gasteiger partial charge on any atom is -0.486 e. The fourth-order valence-electron chi connectivity index (χ4n) is 3.10. The molecule has 0 saturated heterocycles. The highest BCUT2D eigenvalue weighted by atomic mass is 16.6. The van der Waals surface area contributed by atoms with E-state index in [1.54, 1.807) is 31.2 Å². The fraction of sp³-hybridized carbons (Fsp3) is 0.364. The summed E-state index contributed by atoms with van der Waals surface area (Å²) in [6.07, 6.45) is -0.525. The summed E-state index contributed by atoms with van der Waals surface area (Å²) in [5, 5.41) is 5.69. The van der Waals surface area contributed by atoms with Crippen LogP contribution in [0.5, 0.6) is 11.5 Å². The predicted molar refractivity (Wildman–Crippen MR) is 110 cm³/mol. The Bertz CT molecular complexity index is 864. The number of hydrogen-bond donors (Lipinski definition) is 2. The molecule has 2 aromatic rings. The highest BCUT2D eigenvalue weighted by molar-refractivity contribution is 5.95. The number of fused-ring (bicyclic) bond motifs is 1. The first kappa shape index (κ1) is 20.5. The van der Waals surface area contributed by atoms with Crippen molar-refractivity contribution in [2.24, 2.45) is 5.92 Å². The molecule has 3 rings (SSSR count). The number of ether oxygens (including phenoxy) is 3. The molecular formula is C22H26N2O5. The molecule has 1 aliphatic heterocycles. The molecule has 29 heavy (non-hydrogen) atoms. The van der Waals surface area contributed by atoms with Gasteiger partial charge in [-0.25, -0.2) is 4.79 Å². The lowest BCUT2D eigenvalue weighted by atomic mass is 9.95. The largest absolute Gasteiger partial charge is 0.486 e. The molecule has 0 unspecified atom stereocenters. The number of nitrogens with one attached hydrogen (secondary N) is 2. The van der Waals surface area contributed by atoms with Crippen molar-refractivity contribution in [2.45, 2.75) is 26.8 Å². The third-order valence-electron chi connectivity index (χ3n) is 4.55. The van der Waals surface area contributed by atoms with Crippen LogP contribution in [0.25, 0.3) is 0 Å². The molecule has 1 atom stereocenters. The lowest BCUT2D eigenvalue weighted by Crippen LogP contribution is -2.32. The van der Waals surface area contributed by atoms with Crippen LogP contribution in [0.2, 0.25) is 0 Å². The molecule has 2 aromatic carbocycles. The van der Waals surface area contributed by atoms with Crippen LogP contribution in [0.4, 0.5) is 10.5 Å². The van der Waals surface area contributed by atoms with Crippen molar-refractivity contribution in [3.8, 4) is 11.5 Å².